The van der Waals surface area contributed by atoms with Crippen molar-refractivity contribution in [3.8, 4) is 5.69 Å². The van der Waals surface area contributed by atoms with E-state index in [0.717, 1.165) is 16.6 Å². The van der Waals surface area contributed by atoms with E-state index < -0.39 is 0 Å². The third-order valence-electron chi connectivity index (χ3n) is 3.90. The van der Waals surface area contributed by atoms with Crippen LogP contribution in [0.5, 0.6) is 0 Å². The molecule has 1 heterocycles. The molecule has 1 aromatic heterocycles. The van der Waals surface area contributed by atoms with Crippen LogP contribution in [0.2, 0.25) is 5.02 Å². The maximum absolute atomic E-state index is 13.1. The minimum Gasteiger partial charge on any atom is -0.287 e. The largest absolute Gasteiger partial charge is 0.287 e. The quantitative estimate of drug-likeness (QED) is 0.500. The van der Waals surface area contributed by atoms with E-state index in [4.69, 9.17) is 11.6 Å². The maximum atomic E-state index is 13.1. The van der Waals surface area contributed by atoms with Gasteiger partial charge in [0.2, 0.25) is 5.78 Å². The van der Waals surface area contributed by atoms with Gasteiger partial charge < -0.3 is 0 Å². The summed E-state index contributed by atoms with van der Waals surface area (Å²) >= 11 is 5.93. The van der Waals surface area contributed by atoms with Crippen LogP contribution in [0.15, 0.2) is 78.9 Å². The lowest BCUT2D eigenvalue weighted by Crippen LogP contribution is -2.10. The zero-order chi connectivity index (χ0) is 16.5. The van der Waals surface area contributed by atoms with Gasteiger partial charge in [0, 0.05) is 16.0 Å². The molecule has 3 aromatic carbocycles. The molecule has 0 unspecified atom stereocenters. The number of aromatic nitrogens is 2. The lowest BCUT2D eigenvalue weighted by molar-refractivity contribution is 0.103. The van der Waals surface area contributed by atoms with Crippen molar-refractivity contribution in [2.75, 3.05) is 0 Å². The third kappa shape index (κ3) is 2.49. The monoisotopic (exact) mass is 332 g/mol. The molecule has 24 heavy (non-hydrogen) atoms. The molecule has 0 aliphatic carbocycles. The van der Waals surface area contributed by atoms with Crippen molar-refractivity contribution in [3.05, 3.63) is 95.1 Å². The van der Waals surface area contributed by atoms with Crippen LogP contribution >= 0.6 is 11.6 Å². The third-order valence-corrected chi connectivity index (χ3v) is 4.15. The molecule has 0 radical (unpaired) electrons. The van der Waals surface area contributed by atoms with E-state index in [0.29, 0.717) is 16.3 Å². The number of nitrogens with zero attached hydrogens (tertiary/aromatic N) is 2. The molecule has 4 rings (SSSR count). The Morgan fingerprint density at radius 1 is 0.833 bits per heavy atom. The lowest BCUT2D eigenvalue weighted by atomic mass is 10.0. The Morgan fingerprint density at radius 2 is 1.50 bits per heavy atom. The molecule has 0 N–H and O–H groups in total. The predicted octanol–water partition coefficient (Wildman–Crippen LogP) is 4.91. The normalized spacial score (nSPS) is 10.9. The minimum absolute atomic E-state index is 0.0794. The fourth-order valence-corrected chi connectivity index (χ4v) is 2.87. The summed E-state index contributed by atoms with van der Waals surface area (Å²) in [5.41, 5.74) is 2.78. The highest BCUT2D eigenvalue weighted by Gasteiger charge is 2.20. The first-order chi connectivity index (χ1) is 11.7. The summed E-state index contributed by atoms with van der Waals surface area (Å²) in [6.45, 7) is 0. The van der Waals surface area contributed by atoms with Crippen molar-refractivity contribution in [1.82, 2.24) is 9.78 Å². The van der Waals surface area contributed by atoms with E-state index >= 15 is 0 Å². The topological polar surface area (TPSA) is 34.9 Å². The number of hydrogen-bond acceptors (Lipinski definition) is 2. The van der Waals surface area contributed by atoms with Gasteiger partial charge in [-0.25, -0.2) is 4.68 Å². The molecule has 0 aliphatic heterocycles. The van der Waals surface area contributed by atoms with E-state index in [1.807, 2.05) is 54.6 Å². The second kappa shape index (κ2) is 5.95. The van der Waals surface area contributed by atoms with Gasteiger partial charge in [-0.15, -0.1) is 0 Å². The van der Waals surface area contributed by atoms with Crippen molar-refractivity contribution in [3.63, 3.8) is 0 Å². The molecule has 0 fully saturated rings. The zero-order valence-corrected chi connectivity index (χ0v) is 13.4. The van der Waals surface area contributed by atoms with E-state index in [1.165, 1.54) is 0 Å². The summed E-state index contributed by atoms with van der Waals surface area (Å²) in [7, 11) is 0. The number of fused-ring (bicyclic) bond motifs is 1. The van der Waals surface area contributed by atoms with Gasteiger partial charge in [-0.2, -0.15) is 5.10 Å². The summed E-state index contributed by atoms with van der Waals surface area (Å²) < 4.78 is 1.71. The van der Waals surface area contributed by atoms with Gasteiger partial charge in [0.1, 0.15) is 5.69 Å². The summed E-state index contributed by atoms with van der Waals surface area (Å²) in [4.78, 5) is 13.1. The number of hydrogen-bond donors (Lipinski definition) is 0. The number of benzene rings is 3. The van der Waals surface area contributed by atoms with Gasteiger partial charge in [0.15, 0.2) is 0 Å². The maximum Gasteiger partial charge on any atom is 0.212 e. The molecule has 3 nitrogen and oxygen atoms in total. The first kappa shape index (κ1) is 14.7. The summed E-state index contributed by atoms with van der Waals surface area (Å²) in [6.07, 6.45) is 0. The van der Waals surface area contributed by atoms with Gasteiger partial charge in [-0.1, -0.05) is 48.0 Å². The van der Waals surface area contributed by atoms with Crippen molar-refractivity contribution in [2.45, 2.75) is 0 Å². The molecular formula is C20H13ClN2O. The van der Waals surface area contributed by atoms with E-state index in [2.05, 4.69) is 5.10 Å². The molecule has 0 atom stereocenters. The smallest absolute Gasteiger partial charge is 0.212 e. The van der Waals surface area contributed by atoms with Gasteiger partial charge in [0.05, 0.1) is 11.2 Å². The van der Waals surface area contributed by atoms with Gasteiger partial charge in [-0.3, -0.25) is 4.79 Å². The molecule has 0 bridgehead atoms. The van der Waals surface area contributed by atoms with Gasteiger partial charge in [-0.05, 0) is 42.5 Å². The average molecular weight is 333 g/mol. The van der Waals surface area contributed by atoms with E-state index in [-0.39, 0.29) is 5.78 Å². The van der Waals surface area contributed by atoms with Gasteiger partial charge in [0.25, 0.3) is 0 Å². The number of rotatable bonds is 3. The fourth-order valence-electron chi connectivity index (χ4n) is 2.75. The second-order valence-corrected chi connectivity index (χ2v) is 5.89. The summed E-state index contributed by atoms with van der Waals surface area (Å²) in [5, 5.41) is 6.06. The van der Waals surface area contributed by atoms with E-state index in [1.54, 1.807) is 28.9 Å². The minimum atomic E-state index is -0.0794. The number of para-hydroxylation sites is 1. The Balaban J connectivity index is 1.96. The molecule has 4 aromatic rings. The average Bonchev–Trinajstić information content (AvgIpc) is 3.02. The number of ketones is 1. The lowest BCUT2D eigenvalue weighted by Gasteiger charge is -2.07. The Labute approximate surface area is 144 Å². The highest BCUT2D eigenvalue weighted by atomic mass is 35.5. The SMILES string of the molecule is O=C(c1ccc(Cl)cc1)c1c2ccccc2nn1-c1ccccc1. The molecule has 0 amide bonds. The molecule has 0 saturated carbocycles. The Kier molecular flexibility index (Phi) is 3.63. The van der Waals surface area contributed by atoms with Crippen LogP contribution in [-0.4, -0.2) is 15.6 Å². The Bertz CT molecular complexity index is 1020. The molecule has 4 heteroatoms. The zero-order valence-electron chi connectivity index (χ0n) is 12.7. The first-order valence-corrected chi connectivity index (χ1v) is 7.95. The van der Waals surface area contributed by atoms with Crippen LogP contribution in [0.25, 0.3) is 16.6 Å². The van der Waals surface area contributed by atoms with Crippen molar-refractivity contribution >= 4 is 28.3 Å². The van der Waals surface area contributed by atoms with Crippen LogP contribution in [-0.2, 0) is 0 Å². The Hall–Kier alpha value is -2.91. The van der Waals surface area contributed by atoms with Crippen LogP contribution in [0, 0.1) is 0 Å². The van der Waals surface area contributed by atoms with Crippen LogP contribution in [0.3, 0.4) is 0 Å². The van der Waals surface area contributed by atoms with Gasteiger partial charge >= 0.3 is 0 Å². The van der Waals surface area contributed by atoms with Crippen LogP contribution in [0.1, 0.15) is 16.1 Å². The molecule has 116 valence electrons. The molecule has 0 aliphatic rings. The second-order valence-electron chi connectivity index (χ2n) is 5.45. The first-order valence-electron chi connectivity index (χ1n) is 7.57. The summed E-state index contributed by atoms with van der Waals surface area (Å²) in [6, 6.07) is 24.3. The molecular weight excluding hydrogens is 320 g/mol. The van der Waals surface area contributed by atoms with Crippen molar-refractivity contribution in [1.29, 1.82) is 0 Å². The van der Waals surface area contributed by atoms with Crippen LogP contribution < -0.4 is 0 Å². The number of halogens is 1. The molecule has 0 spiro atoms. The molecule has 0 saturated heterocycles. The fraction of sp³-hybridized carbons (Fsp3) is 0. The number of carbonyl (C=O) groups excluding carboxylic acids is 1. The van der Waals surface area contributed by atoms with Crippen LogP contribution in [0.4, 0.5) is 0 Å². The summed E-state index contributed by atoms with van der Waals surface area (Å²) in [5.74, 6) is -0.0794. The number of carbonyl (C=O) groups is 1. The Morgan fingerprint density at radius 3 is 2.25 bits per heavy atom. The standard InChI is InChI=1S/C20H13ClN2O/c21-15-12-10-14(11-13-15)20(24)19-17-8-4-5-9-18(17)22-23(19)16-6-2-1-3-7-16/h1-13H. The highest BCUT2D eigenvalue weighted by Crippen LogP contribution is 2.25. The van der Waals surface area contributed by atoms with E-state index in [9.17, 15) is 4.79 Å². The van der Waals surface area contributed by atoms with Crippen molar-refractivity contribution < 1.29 is 4.79 Å². The van der Waals surface area contributed by atoms with Crippen molar-refractivity contribution in [2.24, 2.45) is 0 Å². The highest BCUT2D eigenvalue weighted by molar-refractivity contribution is 6.30. The predicted molar refractivity (Wildman–Crippen MR) is 96.0 cm³/mol.